The van der Waals surface area contributed by atoms with Gasteiger partial charge in [-0.25, -0.2) is 0 Å². The minimum atomic E-state index is 0.203. The van der Waals surface area contributed by atoms with E-state index in [9.17, 15) is 4.79 Å². The van der Waals surface area contributed by atoms with Gasteiger partial charge in [-0.3, -0.25) is 9.69 Å². The van der Waals surface area contributed by atoms with Crippen LogP contribution in [-0.2, 0) is 9.53 Å². The highest BCUT2D eigenvalue weighted by Crippen LogP contribution is 2.18. The molecule has 1 heterocycles. The molecule has 0 radical (unpaired) electrons. The summed E-state index contributed by atoms with van der Waals surface area (Å²) in [5.41, 5.74) is 0. The molecule has 16 heavy (non-hydrogen) atoms. The number of carbonyl (C=O) groups excluding carboxylic acids is 1. The van der Waals surface area contributed by atoms with Gasteiger partial charge < -0.3 is 10.1 Å². The number of hydrogen-bond acceptors (Lipinski definition) is 3. The number of nitrogens with one attached hydrogen (secondary N) is 1. The summed E-state index contributed by atoms with van der Waals surface area (Å²) in [6, 6.07) is 0.915. The lowest BCUT2D eigenvalue weighted by Gasteiger charge is -2.36. The second kappa shape index (κ2) is 5.15. The monoisotopic (exact) mass is 226 g/mol. The van der Waals surface area contributed by atoms with Crippen LogP contribution in [0.1, 0.15) is 33.1 Å². The van der Waals surface area contributed by atoms with E-state index in [0.29, 0.717) is 24.6 Å². The summed E-state index contributed by atoms with van der Waals surface area (Å²) in [6.45, 7) is 6.82. The predicted molar refractivity (Wildman–Crippen MR) is 62.2 cm³/mol. The fourth-order valence-electron chi connectivity index (χ4n) is 2.06. The van der Waals surface area contributed by atoms with Crippen LogP contribution in [0, 0.1) is 0 Å². The van der Waals surface area contributed by atoms with Crippen LogP contribution in [0.5, 0.6) is 0 Å². The number of hydrogen-bond donors (Lipinski definition) is 1. The lowest BCUT2D eigenvalue weighted by molar-refractivity contribution is -0.122. The van der Waals surface area contributed by atoms with E-state index in [1.807, 2.05) is 0 Å². The molecule has 4 nitrogen and oxygen atoms in total. The van der Waals surface area contributed by atoms with Crippen LogP contribution in [0.15, 0.2) is 0 Å². The first-order valence-electron chi connectivity index (χ1n) is 6.30. The molecule has 0 aromatic carbocycles. The Morgan fingerprint density at radius 3 is 2.88 bits per heavy atom. The highest BCUT2D eigenvalue weighted by molar-refractivity contribution is 5.76. The summed E-state index contributed by atoms with van der Waals surface area (Å²) in [4.78, 5) is 13.9. The van der Waals surface area contributed by atoms with Crippen molar-refractivity contribution in [3.63, 3.8) is 0 Å². The molecule has 0 spiro atoms. The minimum Gasteiger partial charge on any atom is -0.376 e. The molecule has 0 aromatic rings. The van der Waals surface area contributed by atoms with E-state index in [4.69, 9.17) is 4.74 Å². The molecule has 2 atom stereocenters. The van der Waals surface area contributed by atoms with Crippen molar-refractivity contribution in [1.29, 1.82) is 0 Å². The van der Waals surface area contributed by atoms with Crippen LogP contribution in [0.4, 0.5) is 0 Å². The van der Waals surface area contributed by atoms with Crippen molar-refractivity contribution in [3.8, 4) is 0 Å². The Morgan fingerprint density at radius 1 is 1.44 bits per heavy atom. The zero-order valence-corrected chi connectivity index (χ0v) is 10.2. The minimum absolute atomic E-state index is 0.203. The van der Waals surface area contributed by atoms with E-state index in [1.54, 1.807) is 0 Å². The van der Waals surface area contributed by atoms with Crippen molar-refractivity contribution in [2.24, 2.45) is 0 Å². The molecule has 0 unspecified atom stereocenters. The molecule has 4 heteroatoms. The van der Waals surface area contributed by atoms with Crippen molar-refractivity contribution < 1.29 is 9.53 Å². The Morgan fingerprint density at radius 2 is 2.19 bits per heavy atom. The summed E-state index contributed by atoms with van der Waals surface area (Å²) in [7, 11) is 0. The Balaban J connectivity index is 1.68. The van der Waals surface area contributed by atoms with E-state index in [2.05, 4.69) is 24.1 Å². The van der Waals surface area contributed by atoms with E-state index >= 15 is 0 Å². The molecule has 2 rings (SSSR count). The van der Waals surface area contributed by atoms with Crippen LogP contribution in [0.25, 0.3) is 0 Å². The maximum atomic E-state index is 11.6. The van der Waals surface area contributed by atoms with Crippen LogP contribution in [-0.4, -0.2) is 48.7 Å². The lowest BCUT2D eigenvalue weighted by Crippen LogP contribution is -2.48. The topological polar surface area (TPSA) is 41.6 Å². The molecule has 0 aromatic heterocycles. The van der Waals surface area contributed by atoms with Crippen LogP contribution in [0.2, 0.25) is 0 Å². The molecule has 1 N–H and O–H groups in total. The third-order valence-corrected chi connectivity index (χ3v) is 3.31. The maximum absolute atomic E-state index is 11.6. The van der Waals surface area contributed by atoms with Gasteiger partial charge in [0.05, 0.1) is 12.7 Å². The first-order chi connectivity index (χ1) is 7.65. The summed E-state index contributed by atoms with van der Waals surface area (Å²) in [6.07, 6.45) is 3.24. The highest BCUT2D eigenvalue weighted by Gasteiger charge is 2.26. The van der Waals surface area contributed by atoms with Gasteiger partial charge in [0.15, 0.2) is 0 Å². The molecule has 1 saturated heterocycles. The third kappa shape index (κ3) is 3.46. The Hall–Kier alpha value is -0.610. The Labute approximate surface area is 97.3 Å². The second-order valence-electron chi connectivity index (χ2n) is 5.08. The van der Waals surface area contributed by atoms with Crippen molar-refractivity contribution in [3.05, 3.63) is 0 Å². The van der Waals surface area contributed by atoms with E-state index in [1.165, 1.54) is 0 Å². The molecule has 1 amide bonds. The molecular weight excluding hydrogens is 204 g/mol. The van der Waals surface area contributed by atoms with Crippen molar-refractivity contribution >= 4 is 5.91 Å². The molecular formula is C12H22N2O2. The molecule has 1 aliphatic carbocycles. The number of morpholine rings is 1. The van der Waals surface area contributed by atoms with Crippen molar-refractivity contribution in [2.75, 3.05) is 19.7 Å². The van der Waals surface area contributed by atoms with Crippen LogP contribution >= 0.6 is 0 Å². The number of amides is 1. The standard InChI is InChI=1S/C12H22N2O2/c1-9-8-16-10(2)7-14(9)6-5-12(15)13-11-3-4-11/h9-11H,3-8H2,1-2H3,(H,13,15)/t9-,10-/m0/s1. The van der Waals surface area contributed by atoms with Gasteiger partial charge in [0.1, 0.15) is 0 Å². The quantitative estimate of drug-likeness (QED) is 0.769. The molecule has 2 fully saturated rings. The normalized spacial score (nSPS) is 31.4. The molecule has 2 aliphatic rings. The summed E-state index contributed by atoms with van der Waals surface area (Å²) in [5, 5.41) is 3.02. The fourth-order valence-corrected chi connectivity index (χ4v) is 2.06. The fraction of sp³-hybridized carbons (Fsp3) is 0.917. The van der Waals surface area contributed by atoms with Gasteiger partial charge in [-0.05, 0) is 26.7 Å². The highest BCUT2D eigenvalue weighted by atomic mass is 16.5. The first kappa shape index (κ1) is 11.9. The van der Waals surface area contributed by atoms with Crippen LogP contribution in [0.3, 0.4) is 0 Å². The van der Waals surface area contributed by atoms with Crippen molar-refractivity contribution in [1.82, 2.24) is 10.2 Å². The average Bonchev–Trinajstić information content (AvgIpc) is 3.03. The van der Waals surface area contributed by atoms with Crippen molar-refractivity contribution in [2.45, 2.75) is 51.3 Å². The van der Waals surface area contributed by atoms with E-state index in [-0.39, 0.29) is 5.91 Å². The zero-order chi connectivity index (χ0) is 11.5. The summed E-state index contributed by atoms with van der Waals surface area (Å²) in [5.74, 6) is 0.203. The predicted octanol–water partition coefficient (Wildman–Crippen LogP) is 0.764. The maximum Gasteiger partial charge on any atom is 0.221 e. The van der Waals surface area contributed by atoms with Gasteiger partial charge in [0.25, 0.3) is 0 Å². The number of nitrogens with zero attached hydrogens (tertiary/aromatic N) is 1. The number of carbonyl (C=O) groups is 1. The molecule has 0 bridgehead atoms. The van der Waals surface area contributed by atoms with Gasteiger partial charge in [-0.15, -0.1) is 0 Å². The van der Waals surface area contributed by atoms with E-state index < -0.39 is 0 Å². The Kier molecular flexibility index (Phi) is 3.82. The largest absolute Gasteiger partial charge is 0.376 e. The number of rotatable bonds is 4. The van der Waals surface area contributed by atoms with Gasteiger partial charge in [0.2, 0.25) is 5.91 Å². The molecule has 1 saturated carbocycles. The van der Waals surface area contributed by atoms with Gasteiger partial charge >= 0.3 is 0 Å². The second-order valence-corrected chi connectivity index (χ2v) is 5.08. The number of ether oxygens (including phenoxy) is 1. The smallest absolute Gasteiger partial charge is 0.221 e. The van der Waals surface area contributed by atoms with Gasteiger partial charge in [-0.2, -0.15) is 0 Å². The van der Waals surface area contributed by atoms with Gasteiger partial charge in [0, 0.05) is 31.6 Å². The average molecular weight is 226 g/mol. The first-order valence-corrected chi connectivity index (χ1v) is 6.30. The summed E-state index contributed by atoms with van der Waals surface area (Å²) < 4.78 is 5.56. The lowest BCUT2D eigenvalue weighted by atomic mass is 10.2. The zero-order valence-electron chi connectivity index (χ0n) is 10.2. The Bertz CT molecular complexity index is 253. The SMILES string of the molecule is C[C@H]1CN(CCC(=O)NC2CC2)[C@@H](C)CO1. The molecule has 92 valence electrons. The molecule has 1 aliphatic heterocycles. The van der Waals surface area contributed by atoms with Crippen LogP contribution < -0.4 is 5.32 Å². The summed E-state index contributed by atoms with van der Waals surface area (Å²) >= 11 is 0. The third-order valence-electron chi connectivity index (χ3n) is 3.31. The van der Waals surface area contributed by atoms with Gasteiger partial charge in [-0.1, -0.05) is 0 Å². The van der Waals surface area contributed by atoms with E-state index in [0.717, 1.165) is 32.5 Å².